The Morgan fingerprint density at radius 1 is 0.938 bits per heavy atom. The van der Waals surface area contributed by atoms with E-state index in [9.17, 15) is 34.5 Å². The molecule has 9 N–H and O–H groups in total. The summed E-state index contributed by atoms with van der Waals surface area (Å²) < 4.78 is 0. The molecule has 2 aromatic rings. The van der Waals surface area contributed by atoms with Crippen molar-refractivity contribution < 1.29 is 34.5 Å². The number of aromatic amines is 1. The molecule has 0 aliphatic heterocycles. The molecule has 0 spiro atoms. The van der Waals surface area contributed by atoms with Crippen molar-refractivity contribution in [3.63, 3.8) is 0 Å². The summed E-state index contributed by atoms with van der Waals surface area (Å²) in [5, 5.41) is 35.9. The highest BCUT2D eigenvalue weighted by Gasteiger charge is 2.29. The van der Waals surface area contributed by atoms with Gasteiger partial charge in [-0.1, -0.05) is 18.2 Å². The number of carbonyl (C=O) groups excluding carboxylic acids is 3. The Morgan fingerprint density at radius 3 is 2.00 bits per heavy atom. The average molecular weight is 449 g/mol. The van der Waals surface area contributed by atoms with Gasteiger partial charge in [-0.05, 0) is 18.6 Å². The van der Waals surface area contributed by atoms with Gasteiger partial charge in [0.15, 0.2) is 0 Å². The maximum atomic E-state index is 12.5. The molecule has 0 aliphatic rings. The van der Waals surface area contributed by atoms with Gasteiger partial charge >= 0.3 is 5.97 Å². The monoisotopic (exact) mass is 449 g/mol. The first-order valence-electron chi connectivity index (χ1n) is 9.84. The number of carbonyl (C=O) groups is 4. The minimum absolute atomic E-state index is 0.0408. The number of aliphatic carboxylic acids is 1. The fourth-order valence-corrected chi connectivity index (χ4v) is 2.96. The smallest absolute Gasteiger partial charge is 0.326 e. The third-order valence-electron chi connectivity index (χ3n) is 4.76. The minimum Gasteiger partial charge on any atom is -0.480 e. The van der Waals surface area contributed by atoms with Crippen molar-refractivity contribution in [2.24, 2.45) is 5.73 Å². The molecule has 174 valence electrons. The number of nitrogens with two attached hydrogens (primary N) is 1. The molecule has 1 heterocycles. The van der Waals surface area contributed by atoms with Gasteiger partial charge in [-0.3, -0.25) is 14.4 Å². The van der Waals surface area contributed by atoms with Crippen LogP contribution in [0.3, 0.4) is 0 Å². The number of fused-ring (bicyclic) bond motifs is 1. The van der Waals surface area contributed by atoms with Crippen molar-refractivity contribution in [2.75, 3.05) is 13.2 Å². The van der Waals surface area contributed by atoms with E-state index in [-0.39, 0.29) is 6.42 Å². The van der Waals surface area contributed by atoms with Crippen LogP contribution in [0.4, 0.5) is 0 Å². The molecule has 3 amide bonds. The van der Waals surface area contributed by atoms with Crippen molar-refractivity contribution >= 4 is 34.6 Å². The normalized spacial score (nSPS) is 14.8. The predicted molar refractivity (Wildman–Crippen MR) is 113 cm³/mol. The van der Waals surface area contributed by atoms with Crippen LogP contribution >= 0.6 is 0 Å². The lowest BCUT2D eigenvalue weighted by molar-refractivity contribution is -0.142. The summed E-state index contributed by atoms with van der Waals surface area (Å²) in [6, 6.07) is 2.08. The van der Waals surface area contributed by atoms with Crippen LogP contribution in [0, 0.1) is 0 Å². The number of carboxylic acid groups (broad SMARTS) is 1. The lowest BCUT2D eigenvalue weighted by atomic mass is 10.0. The van der Waals surface area contributed by atoms with Gasteiger partial charge < -0.3 is 42.0 Å². The van der Waals surface area contributed by atoms with Crippen LogP contribution in [0.25, 0.3) is 10.9 Å². The highest BCUT2D eigenvalue weighted by Crippen LogP contribution is 2.19. The third kappa shape index (κ3) is 6.26. The van der Waals surface area contributed by atoms with Gasteiger partial charge in [-0.25, -0.2) is 4.79 Å². The lowest BCUT2D eigenvalue weighted by Crippen LogP contribution is -2.58. The van der Waals surface area contributed by atoms with Gasteiger partial charge in [-0.15, -0.1) is 0 Å². The number of hydrogen-bond acceptors (Lipinski definition) is 7. The summed E-state index contributed by atoms with van der Waals surface area (Å²) in [7, 11) is 0. The summed E-state index contributed by atoms with van der Waals surface area (Å²) in [6.07, 6.45) is 1.60. The SMILES string of the molecule is CC(N)C(=O)NC(CO)C(=O)NC(CO)C(=O)NC(Cc1c[nH]c2ccccc12)C(=O)O. The Hall–Kier alpha value is -3.48. The Morgan fingerprint density at radius 2 is 1.47 bits per heavy atom. The molecule has 0 aliphatic carbocycles. The molecule has 0 saturated carbocycles. The van der Waals surface area contributed by atoms with E-state index in [1.54, 1.807) is 12.3 Å². The van der Waals surface area contributed by atoms with Crippen molar-refractivity contribution in [1.29, 1.82) is 0 Å². The van der Waals surface area contributed by atoms with Crippen LogP contribution in [0.15, 0.2) is 30.5 Å². The topological polar surface area (TPSA) is 207 Å². The predicted octanol–water partition coefficient (Wildman–Crippen LogP) is -2.42. The number of aliphatic hydroxyl groups is 2. The largest absolute Gasteiger partial charge is 0.480 e. The van der Waals surface area contributed by atoms with E-state index in [0.29, 0.717) is 5.56 Å². The highest BCUT2D eigenvalue weighted by atomic mass is 16.4. The van der Waals surface area contributed by atoms with Crippen LogP contribution < -0.4 is 21.7 Å². The van der Waals surface area contributed by atoms with E-state index in [2.05, 4.69) is 20.9 Å². The van der Waals surface area contributed by atoms with Crippen molar-refractivity contribution in [3.05, 3.63) is 36.0 Å². The molecule has 12 heteroatoms. The van der Waals surface area contributed by atoms with Gasteiger partial charge in [-0.2, -0.15) is 0 Å². The fourth-order valence-electron chi connectivity index (χ4n) is 2.96. The van der Waals surface area contributed by atoms with Gasteiger partial charge in [0.25, 0.3) is 0 Å². The van der Waals surface area contributed by atoms with E-state index in [4.69, 9.17) is 5.73 Å². The average Bonchev–Trinajstić information content (AvgIpc) is 3.17. The number of amides is 3. The highest BCUT2D eigenvalue weighted by molar-refractivity contribution is 5.94. The zero-order chi connectivity index (χ0) is 23.8. The molecule has 1 aromatic heterocycles. The first kappa shape index (κ1) is 24.8. The molecular weight excluding hydrogens is 422 g/mol. The van der Waals surface area contributed by atoms with E-state index in [0.717, 1.165) is 10.9 Å². The molecule has 12 nitrogen and oxygen atoms in total. The Labute approximate surface area is 183 Å². The fraction of sp³-hybridized carbons (Fsp3) is 0.400. The molecule has 1 aromatic carbocycles. The molecule has 2 rings (SSSR count). The lowest BCUT2D eigenvalue weighted by Gasteiger charge is -2.23. The zero-order valence-corrected chi connectivity index (χ0v) is 17.4. The minimum atomic E-state index is -1.51. The number of benzene rings is 1. The number of aliphatic hydroxyl groups excluding tert-OH is 2. The number of rotatable bonds is 11. The van der Waals surface area contributed by atoms with Crippen LogP contribution in [0.2, 0.25) is 0 Å². The van der Waals surface area contributed by atoms with Crippen LogP contribution in [0.5, 0.6) is 0 Å². The van der Waals surface area contributed by atoms with E-state index < -0.39 is 61.1 Å². The number of carboxylic acids is 1. The van der Waals surface area contributed by atoms with Gasteiger partial charge in [0.1, 0.15) is 18.1 Å². The standard InChI is InChI=1S/C20H27N5O7/c1-10(21)17(28)24-15(8-26)19(30)25-16(9-27)18(29)23-14(20(31)32)6-11-7-22-13-5-3-2-4-12(11)13/h2-5,7,10,14-16,22,26-27H,6,8-9,21H2,1H3,(H,23,29)(H,24,28)(H,25,30)(H,31,32). The molecule has 0 radical (unpaired) electrons. The first-order valence-corrected chi connectivity index (χ1v) is 9.84. The number of aromatic nitrogens is 1. The second-order valence-electron chi connectivity index (χ2n) is 7.24. The summed E-state index contributed by atoms with van der Waals surface area (Å²) in [6.45, 7) is -0.232. The number of nitrogens with one attached hydrogen (secondary N) is 4. The van der Waals surface area contributed by atoms with Crippen molar-refractivity contribution in [2.45, 2.75) is 37.5 Å². The Balaban J connectivity index is 2.06. The summed E-state index contributed by atoms with van der Waals surface area (Å²) in [4.78, 5) is 51.2. The number of H-pyrrole nitrogens is 1. The van der Waals surface area contributed by atoms with Gasteiger partial charge in [0.2, 0.25) is 17.7 Å². The molecular formula is C20H27N5O7. The van der Waals surface area contributed by atoms with E-state index >= 15 is 0 Å². The second kappa shape index (κ2) is 11.2. The zero-order valence-electron chi connectivity index (χ0n) is 17.4. The van der Waals surface area contributed by atoms with Crippen LogP contribution in [-0.4, -0.2) is 81.4 Å². The molecule has 0 saturated heterocycles. The maximum Gasteiger partial charge on any atom is 0.326 e. The summed E-state index contributed by atoms with van der Waals surface area (Å²) in [5.41, 5.74) is 6.87. The van der Waals surface area contributed by atoms with E-state index in [1.807, 2.05) is 18.2 Å². The Bertz CT molecular complexity index is 974. The second-order valence-corrected chi connectivity index (χ2v) is 7.24. The van der Waals surface area contributed by atoms with Gasteiger partial charge in [0, 0.05) is 23.5 Å². The molecule has 4 atom stereocenters. The van der Waals surface area contributed by atoms with Crippen molar-refractivity contribution in [3.8, 4) is 0 Å². The van der Waals surface area contributed by atoms with Gasteiger partial charge in [0.05, 0.1) is 19.3 Å². The van der Waals surface area contributed by atoms with Crippen molar-refractivity contribution in [1.82, 2.24) is 20.9 Å². The molecule has 32 heavy (non-hydrogen) atoms. The summed E-state index contributed by atoms with van der Waals surface area (Å²) in [5.74, 6) is -3.89. The molecule has 0 fully saturated rings. The molecule has 0 bridgehead atoms. The molecule has 4 unspecified atom stereocenters. The maximum absolute atomic E-state index is 12.5. The quantitative estimate of drug-likeness (QED) is 0.185. The first-order chi connectivity index (χ1) is 15.2. The van der Waals surface area contributed by atoms with Crippen LogP contribution in [-0.2, 0) is 25.6 Å². The Kier molecular flexibility index (Phi) is 8.70. The number of hydrogen-bond donors (Lipinski definition) is 8. The number of para-hydroxylation sites is 1. The van der Waals surface area contributed by atoms with E-state index in [1.165, 1.54) is 6.92 Å². The van der Waals surface area contributed by atoms with Crippen LogP contribution in [0.1, 0.15) is 12.5 Å². The third-order valence-corrected chi connectivity index (χ3v) is 4.76. The summed E-state index contributed by atoms with van der Waals surface area (Å²) >= 11 is 0.